The largest absolute Gasteiger partial charge is 0.396 e. The normalized spacial score (nSPS) is 19.8. The lowest BCUT2D eigenvalue weighted by Gasteiger charge is -2.24. The highest BCUT2D eigenvalue weighted by molar-refractivity contribution is 5.81. The molecule has 0 aromatic carbocycles. The van der Waals surface area contributed by atoms with Gasteiger partial charge < -0.3 is 5.11 Å². The van der Waals surface area contributed by atoms with E-state index in [0.717, 1.165) is 18.8 Å². The average molecular weight is 170 g/mol. The van der Waals surface area contributed by atoms with Gasteiger partial charge in [0.15, 0.2) is 0 Å². The van der Waals surface area contributed by atoms with E-state index in [1.54, 1.807) is 0 Å². The molecular weight excluding hydrogens is 152 g/mol. The van der Waals surface area contributed by atoms with Gasteiger partial charge in [-0.2, -0.15) is 5.10 Å². The first-order valence-corrected chi connectivity index (χ1v) is 4.73. The monoisotopic (exact) mass is 170 g/mol. The van der Waals surface area contributed by atoms with Crippen molar-refractivity contribution in [1.29, 1.82) is 0 Å². The third-order valence-electron chi connectivity index (χ3n) is 2.12. The van der Waals surface area contributed by atoms with Crippen molar-refractivity contribution in [2.45, 2.75) is 32.6 Å². The summed E-state index contributed by atoms with van der Waals surface area (Å²) in [5, 5.41) is 15.2. The summed E-state index contributed by atoms with van der Waals surface area (Å²) in [6.45, 7) is 4.36. The third kappa shape index (κ3) is 3.22. The summed E-state index contributed by atoms with van der Waals surface area (Å²) in [7, 11) is 0. The van der Waals surface area contributed by atoms with Crippen molar-refractivity contribution in [3.63, 3.8) is 0 Å². The van der Waals surface area contributed by atoms with Crippen LogP contribution in [-0.2, 0) is 0 Å². The first-order chi connectivity index (χ1) is 5.83. The zero-order valence-corrected chi connectivity index (χ0v) is 7.79. The molecule has 1 fully saturated rings. The summed E-state index contributed by atoms with van der Waals surface area (Å²) in [4.78, 5) is 0. The Balaban J connectivity index is 2.31. The van der Waals surface area contributed by atoms with Gasteiger partial charge in [0, 0.05) is 31.8 Å². The maximum Gasteiger partial charge on any atom is 0.0483 e. The van der Waals surface area contributed by atoms with Gasteiger partial charge in [0.1, 0.15) is 0 Å². The lowest BCUT2D eigenvalue weighted by molar-refractivity contribution is 0.237. The number of rotatable bonds is 3. The van der Waals surface area contributed by atoms with Gasteiger partial charge in [-0.05, 0) is 26.2 Å². The first-order valence-electron chi connectivity index (χ1n) is 4.73. The van der Waals surface area contributed by atoms with Crippen LogP contribution in [0.5, 0.6) is 0 Å². The van der Waals surface area contributed by atoms with Crippen molar-refractivity contribution in [3.8, 4) is 0 Å². The predicted octanol–water partition coefficient (Wildman–Crippen LogP) is 1.23. The molecule has 1 N–H and O–H groups in total. The van der Waals surface area contributed by atoms with Crippen LogP contribution in [0.25, 0.3) is 0 Å². The van der Waals surface area contributed by atoms with Gasteiger partial charge in [0.25, 0.3) is 0 Å². The molecule has 12 heavy (non-hydrogen) atoms. The third-order valence-corrected chi connectivity index (χ3v) is 2.12. The number of hydrogen-bond acceptors (Lipinski definition) is 3. The maximum absolute atomic E-state index is 8.67. The van der Waals surface area contributed by atoms with E-state index in [-0.39, 0.29) is 6.61 Å². The lowest BCUT2D eigenvalue weighted by atomic mass is 10.2. The predicted molar refractivity (Wildman–Crippen MR) is 50.2 cm³/mol. The maximum atomic E-state index is 8.67. The highest BCUT2D eigenvalue weighted by Crippen LogP contribution is 2.08. The smallest absolute Gasteiger partial charge is 0.0483 e. The van der Waals surface area contributed by atoms with Crippen molar-refractivity contribution < 1.29 is 5.11 Å². The van der Waals surface area contributed by atoms with E-state index in [1.165, 1.54) is 19.3 Å². The minimum atomic E-state index is 0.211. The van der Waals surface area contributed by atoms with Gasteiger partial charge in [0.05, 0.1) is 0 Å². The molecular formula is C9H18N2O. The molecule has 0 bridgehead atoms. The quantitative estimate of drug-likeness (QED) is 0.647. The molecule has 1 aliphatic heterocycles. The Morgan fingerprint density at radius 2 is 2.00 bits per heavy atom. The van der Waals surface area contributed by atoms with Crippen molar-refractivity contribution in [3.05, 3.63) is 0 Å². The Bertz CT molecular complexity index is 151. The van der Waals surface area contributed by atoms with Crippen LogP contribution in [-0.4, -0.2) is 35.5 Å². The summed E-state index contributed by atoms with van der Waals surface area (Å²) in [6.07, 6.45) is 4.56. The molecule has 0 spiro atoms. The van der Waals surface area contributed by atoms with E-state index < -0.39 is 0 Å². The van der Waals surface area contributed by atoms with Crippen LogP contribution in [0.4, 0.5) is 0 Å². The Kier molecular flexibility index (Phi) is 4.08. The molecule has 0 radical (unpaired) electrons. The van der Waals surface area contributed by atoms with E-state index in [2.05, 4.69) is 10.1 Å². The molecule has 0 aliphatic carbocycles. The second-order valence-corrected chi connectivity index (χ2v) is 3.32. The molecule has 1 aliphatic rings. The summed E-state index contributed by atoms with van der Waals surface area (Å²) < 4.78 is 0. The van der Waals surface area contributed by atoms with Crippen molar-refractivity contribution in [2.24, 2.45) is 5.10 Å². The molecule has 0 saturated carbocycles. The van der Waals surface area contributed by atoms with Crippen molar-refractivity contribution in [1.82, 2.24) is 5.01 Å². The van der Waals surface area contributed by atoms with Gasteiger partial charge in [-0.15, -0.1) is 0 Å². The van der Waals surface area contributed by atoms with Crippen LogP contribution in [0.2, 0.25) is 0 Å². The standard InChI is InChI=1S/C9H18N2O/c1-9(5-8-12)10-11-6-3-2-4-7-11/h12H,2-8H2,1H3/b10-9+. The summed E-state index contributed by atoms with van der Waals surface area (Å²) in [5.41, 5.74) is 1.04. The van der Waals surface area contributed by atoms with Crippen LogP contribution in [0.3, 0.4) is 0 Å². The molecule has 0 aromatic heterocycles. The number of aliphatic hydroxyl groups is 1. The fourth-order valence-electron chi connectivity index (χ4n) is 1.43. The topological polar surface area (TPSA) is 35.8 Å². The second kappa shape index (κ2) is 5.14. The molecule has 0 aromatic rings. The Morgan fingerprint density at radius 3 is 2.58 bits per heavy atom. The second-order valence-electron chi connectivity index (χ2n) is 3.32. The molecule has 0 unspecified atom stereocenters. The molecule has 3 heteroatoms. The Labute approximate surface area is 74.1 Å². The van der Waals surface area contributed by atoms with Crippen LogP contribution in [0, 0.1) is 0 Å². The fraction of sp³-hybridized carbons (Fsp3) is 0.889. The molecule has 1 saturated heterocycles. The molecule has 70 valence electrons. The minimum absolute atomic E-state index is 0.211. The zero-order chi connectivity index (χ0) is 8.81. The molecule has 1 rings (SSSR count). The number of hydrogen-bond donors (Lipinski definition) is 1. The van der Waals surface area contributed by atoms with Crippen LogP contribution in [0.15, 0.2) is 5.10 Å². The highest BCUT2D eigenvalue weighted by Gasteiger charge is 2.06. The van der Waals surface area contributed by atoms with Gasteiger partial charge in [-0.1, -0.05) is 0 Å². The molecule has 1 heterocycles. The van der Waals surface area contributed by atoms with E-state index in [0.29, 0.717) is 6.42 Å². The van der Waals surface area contributed by atoms with Gasteiger partial charge in [0.2, 0.25) is 0 Å². The Hall–Kier alpha value is -0.570. The average Bonchev–Trinajstić information content (AvgIpc) is 2.06. The van der Waals surface area contributed by atoms with E-state index in [9.17, 15) is 0 Å². The van der Waals surface area contributed by atoms with Crippen LogP contribution >= 0.6 is 0 Å². The van der Waals surface area contributed by atoms with Crippen LogP contribution in [0.1, 0.15) is 32.6 Å². The molecule has 0 amide bonds. The number of aliphatic hydroxyl groups excluding tert-OH is 1. The number of piperidine rings is 1. The molecule has 0 atom stereocenters. The van der Waals surface area contributed by atoms with Gasteiger partial charge in [-0.3, -0.25) is 5.01 Å². The first kappa shape index (κ1) is 9.52. The fourth-order valence-corrected chi connectivity index (χ4v) is 1.43. The summed E-state index contributed by atoms with van der Waals surface area (Å²) >= 11 is 0. The minimum Gasteiger partial charge on any atom is -0.396 e. The van der Waals surface area contributed by atoms with Crippen LogP contribution < -0.4 is 0 Å². The SMILES string of the molecule is C/C(CCO)=N\N1CCCCC1. The van der Waals surface area contributed by atoms with E-state index >= 15 is 0 Å². The van der Waals surface area contributed by atoms with Gasteiger partial charge >= 0.3 is 0 Å². The highest BCUT2D eigenvalue weighted by atomic mass is 16.3. The summed E-state index contributed by atoms with van der Waals surface area (Å²) in [5.74, 6) is 0. The number of nitrogens with zero attached hydrogens (tertiary/aromatic N) is 2. The van der Waals surface area contributed by atoms with Gasteiger partial charge in [-0.25, -0.2) is 0 Å². The van der Waals surface area contributed by atoms with E-state index in [4.69, 9.17) is 5.11 Å². The van der Waals surface area contributed by atoms with Crippen molar-refractivity contribution in [2.75, 3.05) is 19.7 Å². The molecule has 3 nitrogen and oxygen atoms in total. The Morgan fingerprint density at radius 1 is 1.33 bits per heavy atom. The zero-order valence-electron chi connectivity index (χ0n) is 7.79. The lowest BCUT2D eigenvalue weighted by Crippen LogP contribution is -2.25. The van der Waals surface area contributed by atoms with Crippen molar-refractivity contribution >= 4 is 5.71 Å². The van der Waals surface area contributed by atoms with E-state index in [1.807, 2.05) is 6.92 Å². The summed E-state index contributed by atoms with van der Waals surface area (Å²) in [6, 6.07) is 0. The number of hydrazone groups is 1.